The maximum Gasteiger partial charge on any atom is 0.305 e. The number of esters is 1. The van der Waals surface area contributed by atoms with Crippen molar-refractivity contribution in [1.82, 2.24) is 0 Å². The molecule has 0 aromatic carbocycles. The van der Waals surface area contributed by atoms with E-state index >= 15 is 0 Å². The highest BCUT2D eigenvalue weighted by Gasteiger charge is 2.63. The van der Waals surface area contributed by atoms with Crippen LogP contribution in [0.25, 0.3) is 0 Å². The fraction of sp³-hybridized carbons (Fsp3) is 0.920. The van der Waals surface area contributed by atoms with E-state index in [1.165, 1.54) is 32.8 Å². The summed E-state index contributed by atoms with van der Waals surface area (Å²) < 4.78 is 4.84. The van der Waals surface area contributed by atoms with E-state index in [4.69, 9.17) is 10.5 Å². The summed E-state index contributed by atoms with van der Waals surface area (Å²) in [5.41, 5.74) is 6.43. The van der Waals surface area contributed by atoms with Crippen LogP contribution in [0.1, 0.15) is 85.0 Å². The fourth-order valence-corrected chi connectivity index (χ4v) is 8.59. The number of ether oxygens (including phenoxy) is 1. The third-order valence-electron chi connectivity index (χ3n) is 10.4. The summed E-state index contributed by atoms with van der Waals surface area (Å²) in [6.07, 6.45) is 10.5. The maximum atomic E-state index is 13.7. The van der Waals surface area contributed by atoms with Crippen LogP contribution in [0.3, 0.4) is 0 Å². The van der Waals surface area contributed by atoms with Crippen LogP contribution in [0.15, 0.2) is 0 Å². The van der Waals surface area contributed by atoms with Crippen LogP contribution in [-0.2, 0) is 14.3 Å². The number of hydrogen-bond acceptors (Lipinski definition) is 4. The molecule has 4 aliphatic rings. The molecule has 9 atom stereocenters. The van der Waals surface area contributed by atoms with E-state index in [1.807, 2.05) is 0 Å². The van der Waals surface area contributed by atoms with Gasteiger partial charge in [0.25, 0.3) is 0 Å². The van der Waals surface area contributed by atoms with E-state index in [1.54, 1.807) is 0 Å². The van der Waals surface area contributed by atoms with Crippen molar-refractivity contribution >= 4 is 11.8 Å². The minimum atomic E-state index is -0.190. The molecule has 0 amide bonds. The molecule has 4 rings (SSSR count). The molecule has 0 unspecified atom stereocenters. The lowest BCUT2D eigenvalue weighted by Crippen LogP contribution is -2.57. The quantitative estimate of drug-likeness (QED) is 0.688. The number of fused-ring (bicyclic) bond motifs is 5. The van der Waals surface area contributed by atoms with Gasteiger partial charge in [0.2, 0.25) is 0 Å². The number of carbonyl (C=O) groups is 2. The summed E-state index contributed by atoms with van der Waals surface area (Å²) in [6, 6.07) is 0.362. The standard InChI is InChI=1S/C25H41NO3/c1-15(5-10-23(28)29-4)19-8-9-20-18-7-6-16-13-17(26)11-12-24(16,2)21(18)14-22(27)25(19,20)3/h15-21H,5-14,26H2,1-4H3/t15-,16-,17+,18+,19-,20+,21+,24+,25-/m1/s1. The van der Waals surface area contributed by atoms with Crippen LogP contribution in [0.4, 0.5) is 0 Å². The molecule has 0 aliphatic heterocycles. The van der Waals surface area contributed by atoms with Crippen LogP contribution in [-0.4, -0.2) is 24.9 Å². The zero-order valence-corrected chi connectivity index (χ0v) is 18.9. The average Bonchev–Trinajstić information content (AvgIpc) is 3.06. The van der Waals surface area contributed by atoms with Crippen molar-refractivity contribution in [3.63, 3.8) is 0 Å². The van der Waals surface area contributed by atoms with Crippen molar-refractivity contribution < 1.29 is 14.3 Å². The zero-order chi connectivity index (χ0) is 21.0. The van der Waals surface area contributed by atoms with E-state index < -0.39 is 0 Å². The summed E-state index contributed by atoms with van der Waals surface area (Å²) in [7, 11) is 1.46. The Morgan fingerprint density at radius 3 is 2.66 bits per heavy atom. The van der Waals surface area contributed by atoms with Gasteiger partial charge in [0, 0.05) is 24.3 Å². The number of hydrogen-bond donors (Lipinski definition) is 1. The van der Waals surface area contributed by atoms with Gasteiger partial charge < -0.3 is 10.5 Å². The molecule has 4 saturated carbocycles. The predicted molar refractivity (Wildman–Crippen MR) is 114 cm³/mol. The molecule has 29 heavy (non-hydrogen) atoms. The smallest absolute Gasteiger partial charge is 0.305 e. The number of methoxy groups -OCH3 is 1. The average molecular weight is 404 g/mol. The highest BCUT2D eigenvalue weighted by Crippen LogP contribution is 2.67. The van der Waals surface area contributed by atoms with Crippen molar-refractivity contribution in [3.05, 3.63) is 0 Å². The molecule has 0 spiro atoms. The number of ketones is 1. The molecule has 0 radical (unpaired) electrons. The van der Waals surface area contributed by atoms with Gasteiger partial charge in [0.15, 0.2) is 0 Å². The Morgan fingerprint density at radius 1 is 1.17 bits per heavy atom. The first-order valence-corrected chi connectivity index (χ1v) is 12.1. The molecule has 2 N–H and O–H groups in total. The minimum absolute atomic E-state index is 0.131. The number of carbonyl (C=O) groups excluding carboxylic acids is 2. The van der Waals surface area contributed by atoms with Crippen LogP contribution >= 0.6 is 0 Å². The van der Waals surface area contributed by atoms with Gasteiger partial charge in [-0.2, -0.15) is 0 Å². The van der Waals surface area contributed by atoms with Crippen molar-refractivity contribution in [2.45, 2.75) is 91.0 Å². The van der Waals surface area contributed by atoms with Gasteiger partial charge in [-0.15, -0.1) is 0 Å². The Bertz CT molecular complexity index is 662. The lowest BCUT2D eigenvalue weighted by molar-refractivity contribution is -0.158. The van der Waals surface area contributed by atoms with Gasteiger partial charge in [-0.05, 0) is 92.3 Å². The SMILES string of the molecule is COC(=O)CC[C@@H](C)[C@H]1CC[C@H]2[C@@H]3CC[C@@H]4C[C@@H](N)CC[C@]4(C)[C@H]3CC(=O)[C@]12C. The van der Waals surface area contributed by atoms with E-state index in [0.29, 0.717) is 59.2 Å². The van der Waals surface area contributed by atoms with Gasteiger partial charge in [-0.1, -0.05) is 20.8 Å². The molecular weight excluding hydrogens is 362 g/mol. The maximum absolute atomic E-state index is 13.7. The summed E-state index contributed by atoms with van der Waals surface area (Å²) in [5, 5.41) is 0. The summed E-state index contributed by atoms with van der Waals surface area (Å²) in [4.78, 5) is 25.4. The number of rotatable bonds is 4. The molecule has 0 heterocycles. The predicted octanol–water partition coefficient (Wildman–Crippen LogP) is 4.74. The van der Waals surface area contributed by atoms with E-state index in [9.17, 15) is 9.59 Å². The van der Waals surface area contributed by atoms with Crippen LogP contribution in [0, 0.1) is 46.3 Å². The van der Waals surface area contributed by atoms with Gasteiger partial charge in [-0.3, -0.25) is 9.59 Å². The molecule has 0 saturated heterocycles. The van der Waals surface area contributed by atoms with Gasteiger partial charge in [0.05, 0.1) is 7.11 Å². The van der Waals surface area contributed by atoms with Gasteiger partial charge in [-0.25, -0.2) is 0 Å². The van der Waals surface area contributed by atoms with E-state index in [2.05, 4.69) is 20.8 Å². The molecule has 0 bridgehead atoms. The van der Waals surface area contributed by atoms with Crippen molar-refractivity contribution in [3.8, 4) is 0 Å². The lowest BCUT2D eigenvalue weighted by atomic mass is 9.44. The second-order valence-electron chi connectivity index (χ2n) is 11.4. The lowest BCUT2D eigenvalue weighted by Gasteiger charge is -2.60. The summed E-state index contributed by atoms with van der Waals surface area (Å²) >= 11 is 0. The summed E-state index contributed by atoms with van der Waals surface area (Å²) in [5.74, 6) is 3.70. The van der Waals surface area contributed by atoms with E-state index in [-0.39, 0.29) is 11.4 Å². The molecule has 0 aromatic rings. The van der Waals surface area contributed by atoms with Crippen LogP contribution < -0.4 is 5.73 Å². The topological polar surface area (TPSA) is 69.4 Å². The highest BCUT2D eigenvalue weighted by atomic mass is 16.5. The normalized spacial score (nSPS) is 47.7. The number of Topliss-reactive ketones (excluding diaryl/α,β-unsaturated/α-hetero) is 1. The molecular formula is C25H41NO3. The van der Waals surface area contributed by atoms with Crippen LogP contribution in [0.2, 0.25) is 0 Å². The second-order valence-corrected chi connectivity index (χ2v) is 11.4. The molecule has 4 fully saturated rings. The monoisotopic (exact) mass is 403 g/mol. The van der Waals surface area contributed by atoms with Crippen molar-refractivity contribution in [2.75, 3.05) is 7.11 Å². The number of nitrogens with two attached hydrogens (primary N) is 1. The first-order valence-electron chi connectivity index (χ1n) is 12.1. The van der Waals surface area contributed by atoms with Gasteiger partial charge >= 0.3 is 5.97 Å². The van der Waals surface area contributed by atoms with Crippen LogP contribution in [0.5, 0.6) is 0 Å². The molecule has 4 heteroatoms. The zero-order valence-electron chi connectivity index (χ0n) is 18.9. The largest absolute Gasteiger partial charge is 0.469 e. The Morgan fingerprint density at radius 2 is 1.93 bits per heavy atom. The Balaban J connectivity index is 1.54. The first kappa shape index (κ1) is 21.3. The highest BCUT2D eigenvalue weighted by molar-refractivity contribution is 5.87. The van der Waals surface area contributed by atoms with E-state index in [0.717, 1.165) is 32.1 Å². The molecule has 4 aliphatic carbocycles. The molecule has 164 valence electrons. The third-order valence-corrected chi connectivity index (χ3v) is 10.4. The third kappa shape index (κ3) is 3.28. The van der Waals surface area contributed by atoms with Crippen molar-refractivity contribution in [1.29, 1.82) is 0 Å². The van der Waals surface area contributed by atoms with Crippen molar-refractivity contribution in [2.24, 2.45) is 52.1 Å². The molecule has 4 nitrogen and oxygen atoms in total. The Kier molecular flexibility index (Phi) is 5.63. The Hall–Kier alpha value is -0.900. The second kappa shape index (κ2) is 7.66. The Labute approximate surface area is 176 Å². The summed E-state index contributed by atoms with van der Waals surface area (Å²) in [6.45, 7) is 7.02. The first-order chi connectivity index (χ1) is 13.7. The van der Waals surface area contributed by atoms with Gasteiger partial charge in [0.1, 0.15) is 5.78 Å². The minimum Gasteiger partial charge on any atom is -0.469 e. The molecule has 0 aromatic heterocycles. The fourth-order valence-electron chi connectivity index (χ4n) is 8.59.